The Morgan fingerprint density at radius 3 is 2.79 bits per heavy atom. The van der Waals surface area contributed by atoms with Crippen LogP contribution in [0.15, 0.2) is 51.4 Å². The monoisotopic (exact) mass is 427 g/mol. The van der Waals surface area contributed by atoms with E-state index in [0.717, 1.165) is 15.8 Å². The number of nitrogens with zero attached hydrogens (tertiary/aromatic N) is 5. The van der Waals surface area contributed by atoms with Crippen LogP contribution in [0.25, 0.3) is 10.8 Å². The van der Waals surface area contributed by atoms with Crippen LogP contribution in [0.1, 0.15) is 30.0 Å². The molecule has 4 aromatic rings. The molecule has 0 N–H and O–H groups in total. The third-order valence-corrected chi connectivity index (χ3v) is 6.45. The Morgan fingerprint density at radius 2 is 1.97 bits per heavy atom. The van der Waals surface area contributed by atoms with Gasteiger partial charge in [-0.25, -0.2) is 0 Å². The molecule has 1 aromatic carbocycles. The van der Waals surface area contributed by atoms with Crippen LogP contribution in [0.4, 0.5) is 0 Å². The van der Waals surface area contributed by atoms with Crippen molar-refractivity contribution < 1.29 is 13.9 Å². The molecule has 3 aromatic heterocycles. The number of benzene rings is 1. The second-order valence-electron chi connectivity index (χ2n) is 6.45. The summed E-state index contributed by atoms with van der Waals surface area (Å²) >= 11 is 3.07. The molecule has 148 valence electrons. The van der Waals surface area contributed by atoms with E-state index in [1.165, 1.54) is 11.8 Å². The zero-order valence-electron chi connectivity index (χ0n) is 15.7. The normalized spacial score (nSPS) is 16.7. The van der Waals surface area contributed by atoms with Gasteiger partial charge in [0.25, 0.3) is 5.89 Å². The average Bonchev–Trinajstić information content (AvgIpc) is 3.49. The van der Waals surface area contributed by atoms with Crippen LogP contribution >= 0.6 is 23.1 Å². The lowest BCUT2D eigenvalue weighted by atomic mass is 10.2. The van der Waals surface area contributed by atoms with Gasteiger partial charge in [-0.15, -0.1) is 31.7 Å². The fourth-order valence-electron chi connectivity index (χ4n) is 2.96. The summed E-state index contributed by atoms with van der Waals surface area (Å²) in [6, 6.07) is 11.5. The molecule has 0 saturated carbocycles. The first-order valence-electron chi connectivity index (χ1n) is 9.01. The van der Waals surface area contributed by atoms with Gasteiger partial charge < -0.3 is 18.5 Å². The van der Waals surface area contributed by atoms with Gasteiger partial charge in [0.2, 0.25) is 5.89 Å². The van der Waals surface area contributed by atoms with Gasteiger partial charge in [0, 0.05) is 7.05 Å². The molecule has 5 rings (SSSR count). The number of fused-ring (bicyclic) bond motifs is 1. The zero-order valence-corrected chi connectivity index (χ0v) is 17.3. The van der Waals surface area contributed by atoms with E-state index in [9.17, 15) is 0 Å². The first kappa shape index (κ1) is 18.2. The maximum Gasteiger partial charge on any atom is 0.257 e. The molecule has 1 aliphatic rings. The van der Waals surface area contributed by atoms with Gasteiger partial charge >= 0.3 is 0 Å². The first-order chi connectivity index (χ1) is 14.2. The number of hydrogen-bond acceptors (Lipinski definition) is 9. The Labute approximate surface area is 174 Å². The van der Waals surface area contributed by atoms with Crippen LogP contribution in [0.2, 0.25) is 0 Å². The molecular weight excluding hydrogens is 410 g/mol. The number of ether oxygens (including phenoxy) is 2. The van der Waals surface area contributed by atoms with Crippen molar-refractivity contribution in [2.75, 3.05) is 6.61 Å². The van der Waals surface area contributed by atoms with E-state index in [0.29, 0.717) is 30.0 Å². The highest BCUT2D eigenvalue weighted by molar-refractivity contribution is 7.99. The summed E-state index contributed by atoms with van der Waals surface area (Å²) in [5, 5.41) is 19.6. The van der Waals surface area contributed by atoms with Crippen LogP contribution in [-0.4, -0.2) is 31.6 Å². The van der Waals surface area contributed by atoms with Crippen LogP contribution in [-0.2, 0) is 7.05 Å². The molecule has 0 bridgehead atoms. The van der Waals surface area contributed by atoms with Gasteiger partial charge in [0.1, 0.15) is 6.61 Å². The van der Waals surface area contributed by atoms with E-state index < -0.39 is 0 Å². The van der Waals surface area contributed by atoms with Crippen molar-refractivity contribution in [3.05, 3.63) is 53.5 Å². The largest absolute Gasteiger partial charge is 0.485 e. The fourth-order valence-corrected chi connectivity index (χ4v) is 4.46. The van der Waals surface area contributed by atoms with Crippen LogP contribution < -0.4 is 9.47 Å². The Morgan fingerprint density at radius 1 is 1.10 bits per heavy atom. The Bertz CT molecular complexity index is 1120. The Kier molecular flexibility index (Phi) is 4.72. The topological polar surface area (TPSA) is 88.1 Å². The molecule has 10 heteroatoms. The lowest BCUT2D eigenvalue weighted by molar-refractivity contribution is 0.0825. The number of rotatable bonds is 5. The summed E-state index contributed by atoms with van der Waals surface area (Å²) in [5.74, 6) is 3.24. The van der Waals surface area contributed by atoms with Crippen molar-refractivity contribution >= 4 is 23.1 Å². The molecule has 0 aliphatic carbocycles. The van der Waals surface area contributed by atoms with Gasteiger partial charge in [-0.3, -0.25) is 0 Å². The lowest BCUT2D eigenvalue weighted by Crippen LogP contribution is -2.24. The predicted molar refractivity (Wildman–Crippen MR) is 108 cm³/mol. The Hall–Kier alpha value is -2.85. The first-order valence-corrected chi connectivity index (χ1v) is 10.8. The van der Waals surface area contributed by atoms with Crippen molar-refractivity contribution in [2.45, 2.75) is 23.4 Å². The third-order valence-electron chi connectivity index (χ3n) is 4.47. The summed E-state index contributed by atoms with van der Waals surface area (Å²) in [6.07, 6.45) is -0.319. The lowest BCUT2D eigenvalue weighted by Gasteiger charge is -2.25. The molecule has 29 heavy (non-hydrogen) atoms. The van der Waals surface area contributed by atoms with E-state index in [1.807, 2.05) is 60.3 Å². The molecule has 0 amide bonds. The molecule has 2 atom stereocenters. The van der Waals surface area contributed by atoms with E-state index in [1.54, 1.807) is 11.3 Å². The third kappa shape index (κ3) is 3.49. The quantitative estimate of drug-likeness (QED) is 0.436. The smallest absolute Gasteiger partial charge is 0.257 e. The number of aromatic nitrogens is 5. The SMILES string of the molecule is C[C@H](Sc1nnc([C@H]2COc3ccccc3O2)n1C)c1nnc(-c2cccs2)o1. The number of thioether (sulfide) groups is 1. The van der Waals surface area contributed by atoms with Crippen molar-refractivity contribution in [3.63, 3.8) is 0 Å². The molecule has 8 nitrogen and oxygen atoms in total. The van der Waals surface area contributed by atoms with E-state index in [-0.39, 0.29) is 11.4 Å². The highest BCUT2D eigenvalue weighted by Crippen LogP contribution is 2.38. The molecular formula is C19H17N5O3S2. The summed E-state index contributed by atoms with van der Waals surface area (Å²) in [6.45, 7) is 2.39. The highest BCUT2D eigenvalue weighted by atomic mass is 32.2. The summed E-state index contributed by atoms with van der Waals surface area (Å²) in [4.78, 5) is 0.955. The minimum Gasteiger partial charge on any atom is -0.485 e. The molecule has 0 saturated heterocycles. The van der Waals surface area contributed by atoms with Crippen LogP contribution in [0.5, 0.6) is 11.5 Å². The van der Waals surface area contributed by atoms with Crippen molar-refractivity contribution in [3.8, 4) is 22.3 Å². The van der Waals surface area contributed by atoms with Gasteiger partial charge in [-0.05, 0) is 30.5 Å². The van der Waals surface area contributed by atoms with Crippen LogP contribution in [0.3, 0.4) is 0 Å². The number of thiophene rings is 1. The van der Waals surface area contributed by atoms with Gasteiger partial charge in [0.05, 0.1) is 10.1 Å². The zero-order chi connectivity index (χ0) is 19.8. The van der Waals surface area contributed by atoms with Gasteiger partial charge in [0.15, 0.2) is 28.6 Å². The second-order valence-corrected chi connectivity index (χ2v) is 8.70. The Balaban J connectivity index is 1.31. The van der Waals surface area contributed by atoms with Gasteiger partial charge in [-0.2, -0.15) is 0 Å². The molecule has 4 heterocycles. The fraction of sp³-hybridized carbons (Fsp3) is 0.263. The maximum absolute atomic E-state index is 6.05. The number of para-hydroxylation sites is 2. The minimum absolute atomic E-state index is 0.0730. The molecule has 0 unspecified atom stereocenters. The van der Waals surface area contributed by atoms with Crippen molar-refractivity contribution in [2.24, 2.45) is 7.05 Å². The molecule has 1 aliphatic heterocycles. The summed E-state index contributed by atoms with van der Waals surface area (Å²) in [7, 11) is 1.92. The highest BCUT2D eigenvalue weighted by Gasteiger charge is 2.28. The van der Waals surface area contributed by atoms with E-state index >= 15 is 0 Å². The molecule has 0 fully saturated rings. The van der Waals surface area contributed by atoms with Crippen molar-refractivity contribution in [1.29, 1.82) is 0 Å². The molecule has 0 spiro atoms. The second kappa shape index (κ2) is 7.53. The minimum atomic E-state index is -0.319. The molecule has 0 radical (unpaired) electrons. The number of hydrogen-bond donors (Lipinski definition) is 0. The van der Waals surface area contributed by atoms with Crippen molar-refractivity contribution in [1.82, 2.24) is 25.0 Å². The summed E-state index contributed by atoms with van der Waals surface area (Å²) < 4.78 is 19.6. The average molecular weight is 428 g/mol. The van der Waals surface area contributed by atoms with E-state index in [4.69, 9.17) is 13.9 Å². The predicted octanol–water partition coefficient (Wildman–Crippen LogP) is 4.29. The van der Waals surface area contributed by atoms with Crippen LogP contribution in [0, 0.1) is 0 Å². The van der Waals surface area contributed by atoms with Gasteiger partial charge in [-0.1, -0.05) is 30.0 Å². The maximum atomic E-state index is 6.05. The standard InChI is InChI=1S/C19H17N5O3S2/c1-11(17-21-22-18(27-17)15-8-5-9-28-15)29-19-23-20-16(24(19)2)14-10-25-12-6-3-4-7-13(12)26-14/h3-9,11,14H,10H2,1-2H3/t11-,14+/m0/s1. The summed E-state index contributed by atoms with van der Waals surface area (Å²) in [5.41, 5.74) is 0. The van der Waals surface area contributed by atoms with E-state index in [2.05, 4.69) is 20.4 Å².